The van der Waals surface area contributed by atoms with Gasteiger partial charge >= 0.3 is 6.03 Å². The number of urea groups is 1. The van der Waals surface area contributed by atoms with Gasteiger partial charge in [0.1, 0.15) is 22.3 Å². The Morgan fingerprint density at radius 2 is 2.06 bits per heavy atom. The molecular weight excluding hydrogens is 434 g/mol. The van der Waals surface area contributed by atoms with E-state index in [9.17, 15) is 4.79 Å². The van der Waals surface area contributed by atoms with Crippen LogP contribution in [0.15, 0.2) is 17.5 Å². The molecule has 2 fully saturated rings. The molecule has 31 heavy (non-hydrogen) atoms. The number of hydrogen-bond donors (Lipinski definition) is 1. The minimum absolute atomic E-state index is 0.291. The van der Waals surface area contributed by atoms with Crippen molar-refractivity contribution < 1.29 is 14.3 Å². The van der Waals surface area contributed by atoms with E-state index in [0.717, 1.165) is 44.7 Å². The van der Waals surface area contributed by atoms with E-state index in [1.807, 2.05) is 12.1 Å². The molecule has 0 radical (unpaired) electrons. The van der Waals surface area contributed by atoms with Crippen LogP contribution in [-0.4, -0.2) is 60.9 Å². The molecule has 10 heteroatoms. The number of nitrogens with two attached hydrogens (primary N) is 1. The van der Waals surface area contributed by atoms with Crippen molar-refractivity contribution in [3.8, 4) is 17.0 Å². The summed E-state index contributed by atoms with van der Waals surface area (Å²) in [4.78, 5) is 25.8. The summed E-state index contributed by atoms with van der Waals surface area (Å²) in [5, 5.41) is 3.99. The van der Waals surface area contributed by atoms with Crippen molar-refractivity contribution in [1.82, 2.24) is 14.9 Å². The van der Waals surface area contributed by atoms with Gasteiger partial charge in [-0.15, -0.1) is 22.7 Å². The van der Waals surface area contributed by atoms with E-state index in [2.05, 4.69) is 10.3 Å². The number of carbonyl (C=O) groups excluding carboxylic acids is 1. The molecule has 3 aromatic rings. The van der Waals surface area contributed by atoms with Gasteiger partial charge in [0.05, 0.1) is 30.7 Å². The van der Waals surface area contributed by atoms with E-state index < -0.39 is 6.03 Å². The molecule has 2 aromatic heterocycles. The highest BCUT2D eigenvalue weighted by Gasteiger charge is 2.31. The Morgan fingerprint density at radius 3 is 2.84 bits per heavy atom. The third-order valence-electron chi connectivity index (χ3n) is 5.83. The Kier molecular flexibility index (Phi) is 5.68. The lowest BCUT2D eigenvalue weighted by molar-refractivity contribution is 0.0137. The summed E-state index contributed by atoms with van der Waals surface area (Å²) in [7, 11) is 1.64. The number of morpholine rings is 1. The molecule has 2 N–H and O–H groups in total. The molecule has 0 bridgehead atoms. The van der Waals surface area contributed by atoms with Crippen LogP contribution in [0, 0.1) is 0 Å². The molecule has 1 atom stereocenters. The van der Waals surface area contributed by atoms with Gasteiger partial charge in [-0.1, -0.05) is 0 Å². The van der Waals surface area contributed by atoms with E-state index in [1.54, 1.807) is 34.7 Å². The average Bonchev–Trinajstić information content (AvgIpc) is 3.47. The predicted octanol–water partition coefficient (Wildman–Crippen LogP) is 3.87. The number of primary amides is 1. The number of aromatic nitrogens is 2. The summed E-state index contributed by atoms with van der Waals surface area (Å²) < 4.78 is 12.2. The molecule has 2 amide bonds. The van der Waals surface area contributed by atoms with Gasteiger partial charge in [0.2, 0.25) is 0 Å². The minimum Gasteiger partial charge on any atom is -0.494 e. The molecule has 0 spiro atoms. The number of hydrogen-bond acceptors (Lipinski definition) is 8. The summed E-state index contributed by atoms with van der Waals surface area (Å²) in [6.45, 7) is 3.47. The SMILES string of the molecule is COc1ccc(-c2csc(N3CCCCC3)n2)c2sc(C3COCCN3C(N)=O)nc12. The molecule has 2 aliphatic rings. The lowest BCUT2D eigenvalue weighted by Crippen LogP contribution is -2.45. The zero-order valence-corrected chi connectivity index (χ0v) is 19.0. The molecule has 4 heterocycles. The van der Waals surface area contributed by atoms with Crippen molar-refractivity contribution >= 4 is 44.1 Å². The number of methoxy groups -OCH3 is 1. The number of nitrogens with zero attached hydrogens (tertiary/aromatic N) is 4. The minimum atomic E-state index is -0.453. The number of rotatable bonds is 4. The number of thiazole rings is 2. The number of ether oxygens (including phenoxy) is 2. The standard InChI is InChI=1S/C21H25N5O3S2/c1-28-16-6-5-13(14-12-30-21(23-14)25-7-3-2-4-8-25)18-17(16)24-19(31-18)15-11-29-10-9-26(15)20(22)27/h5-6,12,15H,2-4,7-11H2,1H3,(H2,22,27). The van der Waals surface area contributed by atoms with E-state index in [0.29, 0.717) is 25.5 Å². The van der Waals surface area contributed by atoms with Crippen LogP contribution >= 0.6 is 22.7 Å². The maximum absolute atomic E-state index is 11.9. The van der Waals surface area contributed by atoms with Crippen molar-refractivity contribution in [2.75, 3.05) is 44.9 Å². The summed E-state index contributed by atoms with van der Waals surface area (Å²) in [6.07, 6.45) is 3.74. The average molecular weight is 460 g/mol. The zero-order chi connectivity index (χ0) is 21.4. The van der Waals surface area contributed by atoms with Crippen LogP contribution in [-0.2, 0) is 4.74 Å². The molecule has 1 unspecified atom stereocenters. The lowest BCUT2D eigenvalue weighted by atomic mass is 10.1. The van der Waals surface area contributed by atoms with Crippen molar-refractivity contribution in [3.63, 3.8) is 0 Å². The van der Waals surface area contributed by atoms with Crippen molar-refractivity contribution in [2.24, 2.45) is 5.73 Å². The molecule has 5 rings (SSSR count). The highest BCUT2D eigenvalue weighted by atomic mass is 32.1. The highest BCUT2D eigenvalue weighted by Crippen LogP contribution is 2.41. The van der Waals surface area contributed by atoms with Gasteiger partial charge < -0.3 is 25.0 Å². The Balaban J connectivity index is 1.55. The van der Waals surface area contributed by atoms with Crippen molar-refractivity contribution in [1.29, 1.82) is 0 Å². The van der Waals surface area contributed by atoms with Gasteiger partial charge in [-0.3, -0.25) is 0 Å². The normalized spacial score (nSPS) is 19.7. The number of benzene rings is 1. The molecule has 1 aromatic carbocycles. The van der Waals surface area contributed by atoms with Gasteiger partial charge in [-0.2, -0.15) is 0 Å². The smallest absolute Gasteiger partial charge is 0.315 e. The first-order valence-electron chi connectivity index (χ1n) is 10.5. The second-order valence-corrected chi connectivity index (χ2v) is 9.60. The fourth-order valence-electron chi connectivity index (χ4n) is 4.20. The van der Waals surface area contributed by atoms with Crippen LogP contribution in [0.5, 0.6) is 5.75 Å². The lowest BCUT2D eigenvalue weighted by Gasteiger charge is -2.32. The number of fused-ring (bicyclic) bond motifs is 1. The first kappa shape index (κ1) is 20.5. The Labute approximate surface area is 188 Å². The fraction of sp³-hybridized carbons (Fsp3) is 0.476. The fourth-order valence-corrected chi connectivity index (χ4v) is 6.28. The Morgan fingerprint density at radius 1 is 1.23 bits per heavy atom. The molecular formula is C21H25N5O3S2. The first-order chi connectivity index (χ1) is 15.2. The molecule has 2 aliphatic heterocycles. The highest BCUT2D eigenvalue weighted by molar-refractivity contribution is 7.19. The zero-order valence-electron chi connectivity index (χ0n) is 17.4. The summed E-state index contributed by atoms with van der Waals surface area (Å²) in [5.74, 6) is 0.704. The first-order valence-corrected chi connectivity index (χ1v) is 12.2. The molecule has 164 valence electrons. The van der Waals surface area contributed by atoms with Crippen LogP contribution in [0.4, 0.5) is 9.93 Å². The maximum atomic E-state index is 11.9. The van der Waals surface area contributed by atoms with E-state index in [1.165, 1.54) is 19.3 Å². The van der Waals surface area contributed by atoms with Gasteiger partial charge in [0.15, 0.2) is 5.13 Å². The summed E-state index contributed by atoms with van der Waals surface area (Å²) >= 11 is 3.24. The van der Waals surface area contributed by atoms with Crippen LogP contribution in [0.3, 0.4) is 0 Å². The molecule has 2 saturated heterocycles. The Bertz CT molecular complexity index is 1090. The van der Waals surface area contributed by atoms with Crippen LogP contribution < -0.4 is 15.4 Å². The van der Waals surface area contributed by atoms with E-state index in [-0.39, 0.29) is 6.04 Å². The number of anilines is 1. The topological polar surface area (TPSA) is 93.8 Å². The summed E-state index contributed by atoms with van der Waals surface area (Å²) in [5.41, 5.74) is 8.36. The van der Waals surface area contributed by atoms with Crippen LogP contribution in [0.25, 0.3) is 21.5 Å². The number of carbonyl (C=O) groups is 1. The van der Waals surface area contributed by atoms with Crippen molar-refractivity contribution in [2.45, 2.75) is 25.3 Å². The quantitative estimate of drug-likeness (QED) is 0.637. The maximum Gasteiger partial charge on any atom is 0.315 e. The Hall–Kier alpha value is -2.43. The van der Waals surface area contributed by atoms with E-state index in [4.69, 9.17) is 25.2 Å². The summed E-state index contributed by atoms with van der Waals surface area (Å²) in [6, 6.07) is 3.23. The number of amides is 2. The van der Waals surface area contributed by atoms with Crippen molar-refractivity contribution in [3.05, 3.63) is 22.5 Å². The molecule has 0 aliphatic carbocycles. The molecule has 0 saturated carbocycles. The van der Waals surface area contributed by atoms with Gasteiger partial charge in [0, 0.05) is 30.6 Å². The molecule has 8 nitrogen and oxygen atoms in total. The van der Waals surface area contributed by atoms with Crippen LogP contribution in [0.1, 0.15) is 30.3 Å². The third-order valence-corrected chi connectivity index (χ3v) is 7.93. The second-order valence-electron chi connectivity index (χ2n) is 7.73. The van der Waals surface area contributed by atoms with Gasteiger partial charge in [-0.05, 0) is 31.4 Å². The van der Waals surface area contributed by atoms with Crippen LogP contribution in [0.2, 0.25) is 0 Å². The largest absolute Gasteiger partial charge is 0.494 e. The third kappa shape index (κ3) is 3.83. The van der Waals surface area contributed by atoms with E-state index >= 15 is 0 Å². The monoisotopic (exact) mass is 459 g/mol. The van der Waals surface area contributed by atoms with Gasteiger partial charge in [0.25, 0.3) is 0 Å². The number of piperidine rings is 1. The second kappa shape index (κ2) is 8.60. The predicted molar refractivity (Wildman–Crippen MR) is 123 cm³/mol. The van der Waals surface area contributed by atoms with Gasteiger partial charge in [-0.25, -0.2) is 14.8 Å².